The Balaban J connectivity index is 1.76. The summed E-state index contributed by atoms with van der Waals surface area (Å²) >= 11 is 1.46. The highest BCUT2D eigenvalue weighted by Gasteiger charge is 2.15. The minimum atomic E-state index is -0.710. The Kier molecular flexibility index (Phi) is 6.52. The van der Waals surface area contributed by atoms with E-state index in [1.807, 2.05) is 29.6 Å². The molecule has 6 heteroatoms. The number of amides is 2. The van der Waals surface area contributed by atoms with E-state index in [0.29, 0.717) is 18.0 Å². The first-order valence-corrected chi connectivity index (χ1v) is 8.76. The summed E-state index contributed by atoms with van der Waals surface area (Å²) in [5.41, 5.74) is 1.75. The van der Waals surface area contributed by atoms with Gasteiger partial charge in [-0.25, -0.2) is 0 Å². The normalized spacial score (nSPS) is 12.0. The van der Waals surface area contributed by atoms with Crippen molar-refractivity contribution in [2.75, 3.05) is 11.9 Å². The lowest BCUT2D eigenvalue weighted by molar-refractivity contribution is -0.136. The average molecular weight is 346 g/mol. The Morgan fingerprint density at radius 2 is 1.83 bits per heavy atom. The number of hydrogen-bond acceptors (Lipinski definition) is 4. The first kappa shape index (κ1) is 18.2. The summed E-state index contributed by atoms with van der Waals surface area (Å²) in [7, 11) is 0. The molecule has 1 aromatic heterocycles. The van der Waals surface area contributed by atoms with Crippen LogP contribution < -0.4 is 10.6 Å². The van der Waals surface area contributed by atoms with E-state index in [1.54, 1.807) is 12.1 Å². The number of aliphatic hydroxyl groups excluding tert-OH is 1. The Bertz CT molecular complexity index is 666. The van der Waals surface area contributed by atoms with Gasteiger partial charge in [-0.3, -0.25) is 9.59 Å². The number of carbonyl (C=O) groups excluding carboxylic acids is 2. The van der Waals surface area contributed by atoms with Gasteiger partial charge in [0.05, 0.1) is 6.10 Å². The van der Waals surface area contributed by atoms with Crippen LogP contribution in [0.1, 0.15) is 42.7 Å². The zero-order valence-electron chi connectivity index (χ0n) is 13.8. The van der Waals surface area contributed by atoms with Gasteiger partial charge < -0.3 is 15.7 Å². The zero-order valence-corrected chi connectivity index (χ0v) is 14.6. The molecular formula is C18H22N2O3S. The van der Waals surface area contributed by atoms with Crippen molar-refractivity contribution in [1.29, 1.82) is 0 Å². The van der Waals surface area contributed by atoms with Crippen molar-refractivity contribution < 1.29 is 14.7 Å². The maximum atomic E-state index is 11.9. The van der Waals surface area contributed by atoms with Crippen LogP contribution in [0.2, 0.25) is 0 Å². The van der Waals surface area contributed by atoms with Crippen molar-refractivity contribution in [3.63, 3.8) is 0 Å². The molecule has 0 spiro atoms. The van der Waals surface area contributed by atoms with E-state index in [2.05, 4.69) is 24.5 Å². The van der Waals surface area contributed by atoms with Crippen LogP contribution >= 0.6 is 11.3 Å². The summed E-state index contributed by atoms with van der Waals surface area (Å²) in [5.74, 6) is -1.01. The molecule has 2 aromatic rings. The predicted octanol–water partition coefficient (Wildman–Crippen LogP) is 3.05. The van der Waals surface area contributed by atoms with Crippen LogP contribution in [-0.4, -0.2) is 23.5 Å². The van der Waals surface area contributed by atoms with Crippen LogP contribution in [0, 0.1) is 0 Å². The second-order valence-electron chi connectivity index (χ2n) is 5.81. The van der Waals surface area contributed by atoms with Crippen molar-refractivity contribution in [2.24, 2.45) is 0 Å². The molecule has 0 radical (unpaired) electrons. The van der Waals surface area contributed by atoms with Gasteiger partial charge in [-0.15, -0.1) is 11.3 Å². The maximum Gasteiger partial charge on any atom is 0.313 e. The van der Waals surface area contributed by atoms with Gasteiger partial charge in [-0.05, 0) is 41.5 Å². The van der Waals surface area contributed by atoms with Crippen LogP contribution in [0.15, 0.2) is 41.8 Å². The van der Waals surface area contributed by atoms with Crippen LogP contribution in [-0.2, 0) is 9.59 Å². The number of nitrogens with one attached hydrogen (secondary N) is 2. The highest BCUT2D eigenvalue weighted by Crippen LogP contribution is 2.21. The van der Waals surface area contributed by atoms with Crippen molar-refractivity contribution in [2.45, 2.75) is 32.3 Å². The van der Waals surface area contributed by atoms with Gasteiger partial charge in [0.25, 0.3) is 0 Å². The van der Waals surface area contributed by atoms with Crippen LogP contribution in [0.4, 0.5) is 5.69 Å². The molecule has 1 aromatic carbocycles. The van der Waals surface area contributed by atoms with Gasteiger partial charge in [0.2, 0.25) is 0 Å². The standard InChI is InChI=1S/C18H22N2O3S/c1-12(2)13-5-7-14(8-6-13)20-18(23)17(22)19-10-9-15(21)16-4-3-11-24-16/h3-8,11-12,15,21H,9-10H2,1-2H3,(H,19,22)(H,20,23). The summed E-state index contributed by atoms with van der Waals surface area (Å²) < 4.78 is 0. The smallest absolute Gasteiger partial charge is 0.313 e. The van der Waals surface area contributed by atoms with Gasteiger partial charge in [0.15, 0.2) is 0 Å². The number of rotatable bonds is 6. The highest BCUT2D eigenvalue weighted by atomic mass is 32.1. The molecule has 24 heavy (non-hydrogen) atoms. The van der Waals surface area contributed by atoms with E-state index >= 15 is 0 Å². The maximum absolute atomic E-state index is 11.9. The third kappa shape index (κ3) is 5.18. The van der Waals surface area contributed by atoms with Gasteiger partial charge in [-0.1, -0.05) is 32.0 Å². The van der Waals surface area contributed by atoms with E-state index in [-0.39, 0.29) is 6.54 Å². The quantitative estimate of drug-likeness (QED) is 0.704. The Morgan fingerprint density at radius 1 is 1.12 bits per heavy atom. The summed E-state index contributed by atoms with van der Waals surface area (Å²) in [6, 6.07) is 11.1. The fraction of sp³-hybridized carbons (Fsp3) is 0.333. The van der Waals surface area contributed by atoms with E-state index < -0.39 is 17.9 Å². The molecule has 0 aliphatic rings. The molecule has 0 aliphatic heterocycles. The molecule has 2 amide bonds. The molecule has 128 valence electrons. The second-order valence-corrected chi connectivity index (χ2v) is 6.79. The molecule has 0 saturated carbocycles. The number of thiophene rings is 1. The lowest BCUT2D eigenvalue weighted by Crippen LogP contribution is -2.36. The number of benzene rings is 1. The van der Waals surface area contributed by atoms with Crippen LogP contribution in [0.3, 0.4) is 0 Å². The second kappa shape index (κ2) is 8.61. The van der Waals surface area contributed by atoms with Crippen molar-refractivity contribution in [3.05, 3.63) is 52.2 Å². The molecule has 0 aliphatic carbocycles. The average Bonchev–Trinajstić information content (AvgIpc) is 3.09. The summed E-state index contributed by atoms with van der Waals surface area (Å²) in [6.07, 6.45) is -0.264. The minimum Gasteiger partial charge on any atom is -0.388 e. The monoisotopic (exact) mass is 346 g/mol. The van der Waals surface area contributed by atoms with Gasteiger partial charge in [0.1, 0.15) is 0 Å². The third-order valence-corrected chi connectivity index (χ3v) is 4.59. The zero-order chi connectivity index (χ0) is 17.5. The number of anilines is 1. The molecule has 2 rings (SSSR count). The largest absolute Gasteiger partial charge is 0.388 e. The van der Waals surface area contributed by atoms with Crippen LogP contribution in [0.25, 0.3) is 0 Å². The Hall–Kier alpha value is -2.18. The molecule has 1 unspecified atom stereocenters. The lowest BCUT2D eigenvalue weighted by atomic mass is 10.0. The van der Waals surface area contributed by atoms with Crippen molar-refractivity contribution in [1.82, 2.24) is 5.32 Å². The van der Waals surface area contributed by atoms with E-state index in [0.717, 1.165) is 4.88 Å². The molecule has 1 heterocycles. The fourth-order valence-corrected chi connectivity index (χ4v) is 2.91. The fourth-order valence-electron chi connectivity index (χ4n) is 2.17. The van der Waals surface area contributed by atoms with Crippen molar-refractivity contribution in [3.8, 4) is 0 Å². The SMILES string of the molecule is CC(C)c1ccc(NC(=O)C(=O)NCCC(O)c2cccs2)cc1. The third-order valence-electron chi connectivity index (χ3n) is 3.62. The Morgan fingerprint density at radius 3 is 2.42 bits per heavy atom. The summed E-state index contributed by atoms with van der Waals surface area (Å²) in [5, 5.41) is 16.9. The molecule has 1 atom stereocenters. The first-order chi connectivity index (χ1) is 11.5. The van der Waals surface area contributed by atoms with Crippen molar-refractivity contribution >= 4 is 28.8 Å². The molecular weight excluding hydrogens is 324 g/mol. The molecule has 0 fully saturated rings. The predicted molar refractivity (Wildman–Crippen MR) is 96.1 cm³/mol. The van der Waals surface area contributed by atoms with E-state index in [9.17, 15) is 14.7 Å². The van der Waals surface area contributed by atoms with Gasteiger partial charge in [-0.2, -0.15) is 0 Å². The topological polar surface area (TPSA) is 78.4 Å². The number of hydrogen-bond donors (Lipinski definition) is 3. The van der Waals surface area contributed by atoms with E-state index in [1.165, 1.54) is 16.9 Å². The molecule has 0 saturated heterocycles. The van der Waals surface area contributed by atoms with E-state index in [4.69, 9.17) is 0 Å². The highest BCUT2D eigenvalue weighted by molar-refractivity contribution is 7.10. The van der Waals surface area contributed by atoms with Crippen LogP contribution in [0.5, 0.6) is 0 Å². The summed E-state index contributed by atoms with van der Waals surface area (Å²) in [6.45, 7) is 4.41. The number of aliphatic hydroxyl groups is 1. The first-order valence-electron chi connectivity index (χ1n) is 7.88. The lowest BCUT2D eigenvalue weighted by Gasteiger charge is -2.10. The summed E-state index contributed by atoms with van der Waals surface area (Å²) in [4.78, 5) is 24.5. The van der Waals surface area contributed by atoms with Gasteiger partial charge in [0, 0.05) is 17.1 Å². The molecule has 0 bridgehead atoms. The number of carbonyl (C=O) groups is 2. The minimum absolute atomic E-state index is 0.234. The molecule has 5 nitrogen and oxygen atoms in total. The van der Waals surface area contributed by atoms with Gasteiger partial charge >= 0.3 is 11.8 Å². The molecule has 3 N–H and O–H groups in total. The Labute approximate surface area is 145 Å².